The van der Waals surface area contributed by atoms with E-state index in [4.69, 9.17) is 22.7 Å². The minimum atomic E-state index is -1.40. The molecule has 2 aromatic heterocycles. The number of aliphatic imine (C=N–C) groups is 1. The van der Waals surface area contributed by atoms with Gasteiger partial charge in [-0.1, -0.05) is 11.6 Å². The molecule has 0 spiro atoms. The van der Waals surface area contributed by atoms with Crippen LogP contribution in [0.2, 0.25) is 5.02 Å². The number of rotatable bonds is 7. The number of fused-ring (bicyclic) bond motifs is 1. The number of alkyl halides is 1. The number of hydrogen-bond acceptors (Lipinski definition) is 7. The van der Waals surface area contributed by atoms with E-state index in [0.29, 0.717) is 5.65 Å². The first-order chi connectivity index (χ1) is 17.3. The summed E-state index contributed by atoms with van der Waals surface area (Å²) in [6.45, 7) is 6.97. The van der Waals surface area contributed by atoms with Crippen LogP contribution < -0.4 is 11.1 Å². The number of amides is 1. The van der Waals surface area contributed by atoms with Crippen molar-refractivity contribution in [3.63, 3.8) is 0 Å². The summed E-state index contributed by atoms with van der Waals surface area (Å²) in [4.78, 5) is 24.8. The summed E-state index contributed by atoms with van der Waals surface area (Å²) in [6.07, 6.45) is 4.42. The molecule has 4 N–H and O–H groups in total. The van der Waals surface area contributed by atoms with Gasteiger partial charge in [0.15, 0.2) is 11.5 Å². The predicted octanol–water partition coefficient (Wildman–Crippen LogP) is 4.70. The van der Waals surface area contributed by atoms with E-state index in [1.165, 1.54) is 24.1 Å². The number of nitrogen functional groups attached to an aromatic ring is 1. The number of imidazole rings is 1. The van der Waals surface area contributed by atoms with Gasteiger partial charge < -0.3 is 20.9 Å². The highest BCUT2D eigenvalue weighted by Crippen LogP contribution is 2.41. The minimum absolute atomic E-state index is 0.0191. The monoisotopic (exact) mass is 549 g/mol. The van der Waals surface area contributed by atoms with Crippen LogP contribution >= 0.6 is 11.6 Å². The Morgan fingerprint density at radius 1 is 1.43 bits per heavy atom. The zero-order valence-electron chi connectivity index (χ0n) is 20.6. The van der Waals surface area contributed by atoms with Gasteiger partial charge in [-0.25, -0.2) is 13.8 Å². The predicted molar refractivity (Wildman–Crippen MR) is 142 cm³/mol. The van der Waals surface area contributed by atoms with E-state index in [0.717, 1.165) is 6.21 Å². The first kappa shape index (κ1) is 26.8. The third-order valence-electron chi connectivity index (χ3n) is 5.94. The van der Waals surface area contributed by atoms with Crippen molar-refractivity contribution in [2.75, 3.05) is 11.1 Å². The van der Waals surface area contributed by atoms with Crippen LogP contribution in [-0.2, 0) is 15.6 Å². The second-order valence-electron chi connectivity index (χ2n) is 9.74. The lowest BCUT2D eigenvalue weighted by Crippen LogP contribution is -2.22. The second-order valence-corrected chi connectivity index (χ2v) is 12.1. The first-order valence-electron chi connectivity index (χ1n) is 11.4. The van der Waals surface area contributed by atoms with E-state index in [9.17, 15) is 13.4 Å². The van der Waals surface area contributed by atoms with Gasteiger partial charge in [0.1, 0.15) is 12.0 Å². The van der Waals surface area contributed by atoms with Gasteiger partial charge in [0.2, 0.25) is 5.91 Å². The minimum Gasteiger partial charge on any atom is -0.398 e. The number of halogens is 3. The molecule has 1 aliphatic rings. The molecule has 1 aliphatic carbocycles. The van der Waals surface area contributed by atoms with Gasteiger partial charge >= 0.3 is 0 Å². The second kappa shape index (κ2) is 9.90. The van der Waals surface area contributed by atoms with Gasteiger partial charge in [0.25, 0.3) is 0 Å². The Bertz CT molecular complexity index is 1470. The van der Waals surface area contributed by atoms with Crippen molar-refractivity contribution >= 4 is 57.2 Å². The van der Waals surface area contributed by atoms with Crippen molar-refractivity contribution in [3.8, 4) is 11.3 Å². The van der Waals surface area contributed by atoms with Crippen LogP contribution in [0, 0.1) is 17.1 Å². The molecule has 37 heavy (non-hydrogen) atoms. The normalized spacial score (nSPS) is 19.2. The molecule has 0 bridgehead atoms. The molecule has 2 heterocycles. The fraction of sp³-hybridized carbons (Fsp3) is 0.375. The lowest BCUT2D eigenvalue weighted by atomic mass is 9.95. The van der Waals surface area contributed by atoms with Crippen molar-refractivity contribution in [3.05, 3.63) is 40.6 Å². The topological polar surface area (TPSA) is 139 Å². The Morgan fingerprint density at radius 3 is 2.70 bits per heavy atom. The van der Waals surface area contributed by atoms with E-state index in [-0.39, 0.29) is 45.3 Å². The standard InChI is InChI=1S/C24H26ClF2N7O2S/c1-11(31-10-37(36)24(2,3)4)18-21(27)20(25)19(13(6-28)22(18)29)15-8-34-9-16(32-17(34)7-30-15)33-23(35)12-5-14(12)26/h6-12,14,28H,5,29H2,1-4H3,(H,33,35)/t11-,12-,14+,37?/m1/s1. The van der Waals surface area contributed by atoms with E-state index in [1.807, 2.05) is 0 Å². The van der Waals surface area contributed by atoms with Gasteiger partial charge in [0, 0.05) is 39.5 Å². The van der Waals surface area contributed by atoms with Gasteiger partial charge in [-0.05, 0) is 34.1 Å². The van der Waals surface area contributed by atoms with Crippen LogP contribution in [0.5, 0.6) is 0 Å². The molecule has 4 atom stereocenters. The highest BCUT2D eigenvalue weighted by molar-refractivity contribution is 7.99. The molecule has 1 aromatic carbocycles. The van der Waals surface area contributed by atoms with E-state index >= 15 is 4.39 Å². The average Bonchev–Trinajstić information content (AvgIpc) is 3.43. The Kier molecular flexibility index (Phi) is 7.17. The lowest BCUT2D eigenvalue weighted by molar-refractivity contribution is -0.117. The fourth-order valence-corrected chi connectivity index (χ4v) is 4.58. The lowest BCUT2D eigenvalue weighted by Gasteiger charge is -2.19. The quantitative estimate of drug-likeness (QED) is 0.223. The summed E-state index contributed by atoms with van der Waals surface area (Å²) in [5.41, 5.74) is 8.32. The maximum Gasteiger partial charge on any atom is 0.231 e. The van der Waals surface area contributed by atoms with Gasteiger partial charge in [0.05, 0.1) is 51.4 Å². The van der Waals surface area contributed by atoms with Gasteiger partial charge in [-0.15, -0.1) is 0 Å². The largest absolute Gasteiger partial charge is 0.398 e. The molecule has 0 saturated heterocycles. The molecule has 196 valence electrons. The van der Waals surface area contributed by atoms with Gasteiger partial charge in [-0.3, -0.25) is 19.0 Å². The number of aromatic nitrogens is 3. The molecular formula is C24H26ClF2N7O2S. The van der Waals surface area contributed by atoms with Crippen molar-refractivity contribution in [2.24, 2.45) is 10.9 Å². The number of anilines is 2. The zero-order chi connectivity index (χ0) is 27.2. The fourth-order valence-electron chi connectivity index (χ4n) is 3.67. The van der Waals surface area contributed by atoms with Crippen molar-refractivity contribution in [1.29, 1.82) is 5.41 Å². The zero-order valence-corrected chi connectivity index (χ0v) is 22.1. The van der Waals surface area contributed by atoms with Crippen molar-refractivity contribution in [1.82, 2.24) is 14.4 Å². The molecule has 4 rings (SSSR count). The molecule has 1 saturated carbocycles. The smallest absolute Gasteiger partial charge is 0.231 e. The number of carbonyl (C=O) groups excluding carboxylic acids is 1. The maximum atomic E-state index is 15.5. The van der Waals surface area contributed by atoms with Crippen LogP contribution in [0.1, 0.15) is 51.3 Å². The number of benzene rings is 1. The van der Waals surface area contributed by atoms with Crippen LogP contribution in [0.15, 0.2) is 23.6 Å². The number of nitrogens with two attached hydrogens (primary N) is 1. The number of nitrogens with one attached hydrogen (secondary N) is 2. The van der Waals surface area contributed by atoms with E-state index < -0.39 is 45.4 Å². The van der Waals surface area contributed by atoms with Crippen LogP contribution in [0.25, 0.3) is 16.9 Å². The Balaban J connectivity index is 1.72. The van der Waals surface area contributed by atoms with E-state index in [2.05, 4.69) is 20.3 Å². The first-order valence-corrected chi connectivity index (χ1v) is 13.0. The molecule has 1 unspecified atom stereocenters. The highest BCUT2D eigenvalue weighted by atomic mass is 35.5. The van der Waals surface area contributed by atoms with Crippen LogP contribution in [0.3, 0.4) is 0 Å². The molecule has 13 heteroatoms. The molecule has 1 fully saturated rings. The van der Waals surface area contributed by atoms with Crippen LogP contribution in [-0.4, -0.2) is 47.2 Å². The number of nitrogens with zero attached hydrogens (tertiary/aromatic N) is 4. The molecule has 0 radical (unpaired) electrons. The average molecular weight is 550 g/mol. The van der Waals surface area contributed by atoms with E-state index in [1.54, 1.807) is 32.1 Å². The van der Waals surface area contributed by atoms with Crippen molar-refractivity contribution in [2.45, 2.75) is 51.1 Å². The van der Waals surface area contributed by atoms with Crippen molar-refractivity contribution < 1.29 is 17.8 Å². The Hall–Kier alpha value is -3.25. The summed E-state index contributed by atoms with van der Waals surface area (Å²) in [7, 11) is -1.40. The Labute approximate surface area is 219 Å². The number of hydrogen-bond donors (Lipinski definition) is 3. The third kappa shape index (κ3) is 5.26. The van der Waals surface area contributed by atoms with Gasteiger partial charge in [-0.2, -0.15) is 0 Å². The maximum absolute atomic E-state index is 15.5. The molecule has 9 nitrogen and oxygen atoms in total. The summed E-state index contributed by atoms with van der Waals surface area (Å²) >= 11 is 6.45. The Morgan fingerprint density at radius 2 is 2.11 bits per heavy atom. The highest BCUT2D eigenvalue weighted by Gasteiger charge is 2.43. The molecule has 0 aliphatic heterocycles. The summed E-state index contributed by atoms with van der Waals surface area (Å²) in [5, 5.41) is 10.2. The summed E-state index contributed by atoms with van der Waals surface area (Å²) in [5.74, 6) is -1.73. The summed E-state index contributed by atoms with van der Waals surface area (Å²) < 4.78 is 42.0. The third-order valence-corrected chi connectivity index (χ3v) is 7.82. The molecular weight excluding hydrogens is 524 g/mol. The summed E-state index contributed by atoms with van der Waals surface area (Å²) in [6, 6.07) is -0.817. The van der Waals surface area contributed by atoms with Crippen LogP contribution in [0.4, 0.5) is 20.3 Å². The number of carbonyl (C=O) groups is 1. The SMILES string of the molecule is C[C@@H](N=CS(=O)C(C)(C)C)c1c(N)c(C=N)c(-c2cn3cc(NC(=O)[C@@H]4C[C@@H]4F)nc3cn2)c(Cl)c1F. The molecule has 3 aromatic rings. The molecule has 1 amide bonds.